The van der Waals surface area contributed by atoms with E-state index in [-0.39, 0.29) is 24.0 Å². The average molecular weight is 438 g/mol. The maximum atomic E-state index is 13.0. The molecule has 1 heterocycles. The summed E-state index contributed by atoms with van der Waals surface area (Å²) < 4.78 is 35.6. The largest absolute Gasteiger partial charge is 0.497 e. The van der Waals surface area contributed by atoms with Gasteiger partial charge >= 0.3 is 6.61 Å². The van der Waals surface area contributed by atoms with Gasteiger partial charge in [-0.15, -0.1) is 0 Å². The van der Waals surface area contributed by atoms with Gasteiger partial charge in [0.2, 0.25) is 11.8 Å². The third-order valence-electron chi connectivity index (χ3n) is 5.18. The molecule has 0 aliphatic carbocycles. The lowest BCUT2D eigenvalue weighted by molar-refractivity contribution is -0.123. The highest BCUT2D eigenvalue weighted by atomic mass is 19.3. The summed E-state index contributed by atoms with van der Waals surface area (Å²) in [5.74, 6) is -0.685. The molecule has 32 heavy (non-hydrogen) atoms. The lowest BCUT2D eigenvalue weighted by Gasteiger charge is -2.25. The Bertz CT molecular complexity index is 1150. The zero-order valence-electron chi connectivity index (χ0n) is 17.1. The minimum absolute atomic E-state index is 0.0146. The molecule has 1 atom stereocenters. The molecule has 0 fully saturated rings. The molecule has 0 radical (unpaired) electrons. The van der Waals surface area contributed by atoms with Crippen LogP contribution in [0.2, 0.25) is 0 Å². The summed E-state index contributed by atoms with van der Waals surface area (Å²) in [5, 5.41) is 5.56. The van der Waals surface area contributed by atoms with Crippen LogP contribution in [0.25, 0.3) is 11.1 Å². The number of hydrogen-bond acceptors (Lipinski definition) is 4. The Labute approximate surface area is 183 Å². The van der Waals surface area contributed by atoms with Crippen molar-refractivity contribution in [1.29, 1.82) is 0 Å². The van der Waals surface area contributed by atoms with Crippen LogP contribution in [0.3, 0.4) is 0 Å². The van der Waals surface area contributed by atoms with Crippen LogP contribution >= 0.6 is 0 Å². The van der Waals surface area contributed by atoms with Crippen LogP contribution in [0, 0.1) is 0 Å². The van der Waals surface area contributed by atoms with E-state index in [4.69, 9.17) is 4.74 Å². The zero-order chi connectivity index (χ0) is 22.7. The molecule has 0 bridgehead atoms. The second kappa shape index (κ2) is 9.05. The van der Waals surface area contributed by atoms with Crippen molar-refractivity contribution in [3.05, 3.63) is 72.3 Å². The van der Waals surface area contributed by atoms with Crippen LogP contribution < -0.4 is 20.1 Å². The maximum Gasteiger partial charge on any atom is 0.387 e. The smallest absolute Gasteiger partial charge is 0.387 e. The van der Waals surface area contributed by atoms with Crippen molar-refractivity contribution in [3.63, 3.8) is 0 Å². The molecule has 1 aliphatic rings. The zero-order valence-corrected chi connectivity index (χ0v) is 17.1. The second-order valence-corrected chi connectivity index (χ2v) is 7.20. The van der Waals surface area contributed by atoms with E-state index in [1.165, 1.54) is 19.2 Å². The van der Waals surface area contributed by atoms with E-state index in [1.54, 1.807) is 54.6 Å². The second-order valence-electron chi connectivity index (χ2n) is 7.20. The lowest BCUT2D eigenvalue weighted by Crippen LogP contribution is -2.30. The number of alkyl halides is 2. The molecule has 4 rings (SSSR count). The number of carbonyl (C=O) groups excluding carboxylic acids is 2. The summed E-state index contributed by atoms with van der Waals surface area (Å²) in [6.45, 7) is -3.00. The summed E-state index contributed by atoms with van der Waals surface area (Å²) in [5.41, 5.74) is 2.71. The molecule has 164 valence electrons. The van der Waals surface area contributed by atoms with Gasteiger partial charge in [-0.3, -0.25) is 9.59 Å². The van der Waals surface area contributed by atoms with E-state index in [1.807, 2.05) is 0 Å². The molecule has 8 heteroatoms. The maximum absolute atomic E-state index is 13.0. The number of rotatable bonds is 6. The molecule has 0 aromatic heterocycles. The fourth-order valence-electron chi connectivity index (χ4n) is 3.68. The minimum Gasteiger partial charge on any atom is -0.497 e. The Kier molecular flexibility index (Phi) is 6.02. The van der Waals surface area contributed by atoms with Crippen LogP contribution in [0.1, 0.15) is 17.9 Å². The summed E-state index contributed by atoms with van der Waals surface area (Å²) in [6, 6.07) is 18.4. The molecule has 2 N–H and O–H groups in total. The van der Waals surface area contributed by atoms with Crippen LogP contribution in [0.4, 0.5) is 20.2 Å². The van der Waals surface area contributed by atoms with Gasteiger partial charge in [0.1, 0.15) is 11.5 Å². The van der Waals surface area contributed by atoms with Crippen molar-refractivity contribution < 1.29 is 27.8 Å². The quantitative estimate of drug-likeness (QED) is 0.566. The van der Waals surface area contributed by atoms with Gasteiger partial charge in [0, 0.05) is 23.4 Å². The number of carbonyl (C=O) groups is 2. The highest BCUT2D eigenvalue weighted by Crippen LogP contribution is 2.36. The number of methoxy groups -OCH3 is 1. The van der Waals surface area contributed by atoms with Crippen molar-refractivity contribution in [2.45, 2.75) is 19.0 Å². The molecular weight excluding hydrogens is 418 g/mol. The number of benzene rings is 3. The Morgan fingerprint density at radius 3 is 2.56 bits per heavy atom. The topological polar surface area (TPSA) is 76.7 Å². The number of fused-ring (bicyclic) bond motifs is 1. The molecule has 1 unspecified atom stereocenters. The molecule has 3 aromatic rings. The van der Waals surface area contributed by atoms with Crippen LogP contribution in [0.5, 0.6) is 11.5 Å². The fraction of sp³-hybridized carbons (Fsp3) is 0.167. The van der Waals surface area contributed by atoms with Gasteiger partial charge < -0.3 is 20.1 Å². The van der Waals surface area contributed by atoms with Crippen LogP contribution in [-0.4, -0.2) is 25.5 Å². The minimum atomic E-state index is -3.00. The lowest BCUT2D eigenvalue weighted by atomic mass is 9.89. The SMILES string of the molecule is COc1ccc(-c2cc(NC(=O)C3CC(=O)Nc4ccccc43)ccc2OC(F)F)cc1. The normalized spacial score (nSPS) is 15.0. The third-order valence-corrected chi connectivity index (χ3v) is 5.18. The number of ether oxygens (including phenoxy) is 2. The monoisotopic (exact) mass is 438 g/mol. The van der Waals surface area contributed by atoms with Gasteiger partial charge in [0.25, 0.3) is 0 Å². The fourth-order valence-corrected chi connectivity index (χ4v) is 3.68. The van der Waals surface area contributed by atoms with Crippen LogP contribution in [0.15, 0.2) is 66.7 Å². The van der Waals surface area contributed by atoms with Gasteiger partial charge in [-0.1, -0.05) is 30.3 Å². The summed E-state index contributed by atoms with van der Waals surface area (Å²) in [4.78, 5) is 25.1. The summed E-state index contributed by atoms with van der Waals surface area (Å²) in [6.07, 6.45) is 0.0146. The number of amides is 2. The van der Waals surface area contributed by atoms with E-state index < -0.39 is 12.5 Å². The Morgan fingerprint density at radius 2 is 1.84 bits per heavy atom. The van der Waals surface area contributed by atoms with Crippen molar-refractivity contribution >= 4 is 23.2 Å². The molecule has 2 amide bonds. The standard InChI is InChI=1S/C24H20F2N2O4/c1-31-16-9-6-14(7-10-16)18-12-15(8-11-21(18)32-24(25)26)27-23(30)19-13-22(29)28-20-5-3-2-4-17(19)20/h2-12,19,24H,13H2,1H3,(H,27,30)(H,28,29). The molecule has 0 saturated heterocycles. The molecule has 0 spiro atoms. The summed E-state index contributed by atoms with van der Waals surface area (Å²) >= 11 is 0. The van der Waals surface area contributed by atoms with Crippen molar-refractivity contribution in [3.8, 4) is 22.6 Å². The predicted molar refractivity (Wildman–Crippen MR) is 116 cm³/mol. The van der Waals surface area contributed by atoms with E-state index in [0.29, 0.717) is 28.3 Å². The Balaban J connectivity index is 1.64. The number of halogens is 2. The first-order valence-electron chi connectivity index (χ1n) is 9.87. The number of hydrogen-bond donors (Lipinski definition) is 2. The van der Waals surface area contributed by atoms with E-state index in [9.17, 15) is 18.4 Å². The Hall–Kier alpha value is -3.94. The molecule has 0 saturated carbocycles. The van der Waals surface area contributed by atoms with E-state index in [2.05, 4.69) is 15.4 Å². The third kappa shape index (κ3) is 4.54. The van der Waals surface area contributed by atoms with E-state index in [0.717, 1.165) is 5.56 Å². The first-order chi connectivity index (χ1) is 15.4. The van der Waals surface area contributed by atoms with Crippen molar-refractivity contribution in [2.75, 3.05) is 17.7 Å². The average Bonchev–Trinajstić information content (AvgIpc) is 2.79. The number of anilines is 2. The first kappa shape index (κ1) is 21.3. The van der Waals surface area contributed by atoms with Crippen molar-refractivity contribution in [1.82, 2.24) is 0 Å². The first-order valence-corrected chi connectivity index (χ1v) is 9.87. The summed E-state index contributed by atoms with van der Waals surface area (Å²) in [7, 11) is 1.53. The molecule has 1 aliphatic heterocycles. The van der Waals surface area contributed by atoms with Gasteiger partial charge in [0.15, 0.2) is 0 Å². The van der Waals surface area contributed by atoms with Gasteiger partial charge in [-0.25, -0.2) is 0 Å². The van der Waals surface area contributed by atoms with E-state index >= 15 is 0 Å². The Morgan fingerprint density at radius 1 is 1.09 bits per heavy atom. The highest BCUT2D eigenvalue weighted by Gasteiger charge is 2.30. The molecular formula is C24H20F2N2O4. The van der Waals surface area contributed by atoms with Crippen LogP contribution in [-0.2, 0) is 9.59 Å². The number of nitrogens with one attached hydrogen (secondary N) is 2. The van der Waals surface area contributed by atoms with Gasteiger partial charge in [-0.05, 0) is 47.5 Å². The van der Waals surface area contributed by atoms with Gasteiger partial charge in [0.05, 0.1) is 13.0 Å². The highest BCUT2D eigenvalue weighted by molar-refractivity contribution is 6.05. The van der Waals surface area contributed by atoms with Crippen molar-refractivity contribution in [2.24, 2.45) is 0 Å². The number of para-hydroxylation sites is 1. The predicted octanol–water partition coefficient (Wildman–Crippen LogP) is 5.03. The van der Waals surface area contributed by atoms with Gasteiger partial charge in [-0.2, -0.15) is 8.78 Å². The molecule has 6 nitrogen and oxygen atoms in total. The molecule has 3 aromatic carbocycles.